The second-order valence-electron chi connectivity index (χ2n) is 4.29. The molecular formula is C12H13BrClFN2O. The largest absolute Gasteiger partial charge is 0.324 e. The van der Waals surface area contributed by atoms with Gasteiger partial charge in [-0.1, -0.05) is 11.6 Å². The third-order valence-corrected chi connectivity index (χ3v) is 3.79. The summed E-state index contributed by atoms with van der Waals surface area (Å²) in [7, 11) is 0. The fourth-order valence-corrected chi connectivity index (χ4v) is 2.91. The Labute approximate surface area is 118 Å². The van der Waals surface area contributed by atoms with Crippen LogP contribution in [0.2, 0.25) is 5.02 Å². The first-order valence-corrected chi connectivity index (χ1v) is 6.91. The Kier molecular flexibility index (Phi) is 4.59. The Bertz CT molecular complexity index is 440. The first-order chi connectivity index (χ1) is 8.56. The van der Waals surface area contributed by atoms with Gasteiger partial charge < -0.3 is 10.6 Å². The molecule has 0 spiro atoms. The summed E-state index contributed by atoms with van der Waals surface area (Å²) in [4.78, 5) is 11.8. The van der Waals surface area contributed by atoms with Gasteiger partial charge in [-0.05, 0) is 47.4 Å². The lowest BCUT2D eigenvalue weighted by Gasteiger charge is -2.12. The zero-order valence-electron chi connectivity index (χ0n) is 9.60. The number of nitrogens with one attached hydrogen (secondary N) is 2. The molecule has 0 radical (unpaired) electrons. The molecule has 6 heteroatoms. The lowest BCUT2D eigenvalue weighted by molar-refractivity contribution is -0.116. The minimum atomic E-state index is -0.442. The van der Waals surface area contributed by atoms with E-state index in [0.717, 1.165) is 19.4 Å². The van der Waals surface area contributed by atoms with Gasteiger partial charge in [0, 0.05) is 16.9 Å². The average molecular weight is 336 g/mol. The summed E-state index contributed by atoms with van der Waals surface area (Å²) in [6, 6.07) is 2.67. The first-order valence-electron chi connectivity index (χ1n) is 5.74. The topological polar surface area (TPSA) is 41.1 Å². The van der Waals surface area contributed by atoms with Crippen molar-refractivity contribution in [3.05, 3.63) is 27.4 Å². The predicted molar refractivity (Wildman–Crippen MR) is 73.4 cm³/mol. The zero-order chi connectivity index (χ0) is 13.1. The average Bonchev–Trinajstić information content (AvgIpc) is 2.76. The molecule has 1 fully saturated rings. The van der Waals surface area contributed by atoms with Crippen LogP contribution in [0, 0.1) is 5.82 Å². The number of halogens is 3. The summed E-state index contributed by atoms with van der Waals surface area (Å²) in [6.07, 6.45) is 2.50. The van der Waals surface area contributed by atoms with Crippen LogP contribution in [-0.2, 0) is 4.79 Å². The van der Waals surface area contributed by atoms with Crippen molar-refractivity contribution in [3.8, 4) is 0 Å². The number of benzene rings is 1. The summed E-state index contributed by atoms with van der Waals surface area (Å²) in [5, 5.41) is 6.14. The van der Waals surface area contributed by atoms with Crippen molar-refractivity contribution < 1.29 is 9.18 Å². The molecule has 0 aromatic heterocycles. The lowest BCUT2D eigenvalue weighted by atomic mass is 10.1. The maximum absolute atomic E-state index is 13.0. The molecule has 2 rings (SSSR count). The summed E-state index contributed by atoms with van der Waals surface area (Å²) in [5.74, 6) is -0.564. The van der Waals surface area contributed by atoms with Crippen LogP contribution in [0.5, 0.6) is 0 Å². The van der Waals surface area contributed by atoms with Gasteiger partial charge in [0.05, 0.1) is 10.7 Å². The molecule has 0 aliphatic carbocycles. The van der Waals surface area contributed by atoms with Crippen molar-refractivity contribution in [2.24, 2.45) is 0 Å². The summed E-state index contributed by atoms with van der Waals surface area (Å²) >= 11 is 9.08. The molecule has 1 aromatic carbocycles. The second-order valence-corrected chi connectivity index (χ2v) is 5.55. The fourth-order valence-electron chi connectivity index (χ4n) is 2.01. The Morgan fingerprint density at radius 3 is 3.00 bits per heavy atom. The Morgan fingerprint density at radius 2 is 2.39 bits per heavy atom. The van der Waals surface area contributed by atoms with Crippen LogP contribution >= 0.6 is 27.5 Å². The molecule has 0 saturated carbocycles. The number of hydrogen-bond donors (Lipinski definition) is 2. The molecule has 1 unspecified atom stereocenters. The minimum absolute atomic E-state index is 0.122. The molecule has 98 valence electrons. The van der Waals surface area contributed by atoms with E-state index in [2.05, 4.69) is 26.6 Å². The standard InChI is InChI=1S/C12H13BrClFN2O/c13-9-4-7(15)5-10(14)12(9)17-11(18)6-8-2-1-3-16-8/h4-5,8,16H,1-3,6H2,(H,17,18). The maximum Gasteiger partial charge on any atom is 0.226 e. The van der Waals surface area contributed by atoms with E-state index in [4.69, 9.17) is 11.6 Å². The van der Waals surface area contributed by atoms with Crippen LogP contribution in [0.25, 0.3) is 0 Å². The predicted octanol–water partition coefficient (Wildman–Crippen LogP) is 3.32. The number of amides is 1. The van der Waals surface area contributed by atoms with Gasteiger partial charge in [0.1, 0.15) is 5.82 Å². The van der Waals surface area contributed by atoms with E-state index in [0.29, 0.717) is 16.6 Å². The van der Waals surface area contributed by atoms with Crippen LogP contribution in [0.3, 0.4) is 0 Å². The van der Waals surface area contributed by atoms with Gasteiger partial charge in [0.15, 0.2) is 0 Å². The van der Waals surface area contributed by atoms with E-state index in [9.17, 15) is 9.18 Å². The first kappa shape index (κ1) is 13.8. The molecule has 1 heterocycles. The number of anilines is 1. The molecule has 1 amide bonds. The number of rotatable bonds is 3. The van der Waals surface area contributed by atoms with Crippen molar-refractivity contribution in [2.75, 3.05) is 11.9 Å². The lowest BCUT2D eigenvalue weighted by Crippen LogP contribution is -2.27. The van der Waals surface area contributed by atoms with E-state index in [1.165, 1.54) is 12.1 Å². The van der Waals surface area contributed by atoms with Crippen molar-refractivity contribution in [1.29, 1.82) is 0 Å². The third kappa shape index (κ3) is 3.43. The molecule has 1 saturated heterocycles. The van der Waals surface area contributed by atoms with Crippen molar-refractivity contribution >= 4 is 39.1 Å². The van der Waals surface area contributed by atoms with Gasteiger partial charge in [-0.25, -0.2) is 4.39 Å². The summed E-state index contributed by atoms with van der Waals surface area (Å²) < 4.78 is 13.5. The minimum Gasteiger partial charge on any atom is -0.324 e. The zero-order valence-corrected chi connectivity index (χ0v) is 11.9. The van der Waals surface area contributed by atoms with Gasteiger partial charge in [-0.2, -0.15) is 0 Å². The van der Waals surface area contributed by atoms with Crippen LogP contribution in [0.4, 0.5) is 10.1 Å². The highest BCUT2D eigenvalue weighted by Crippen LogP contribution is 2.31. The van der Waals surface area contributed by atoms with Gasteiger partial charge in [-0.3, -0.25) is 4.79 Å². The Morgan fingerprint density at radius 1 is 1.61 bits per heavy atom. The van der Waals surface area contributed by atoms with Gasteiger partial charge in [0.25, 0.3) is 0 Å². The molecule has 1 aliphatic rings. The summed E-state index contributed by atoms with van der Waals surface area (Å²) in [5.41, 5.74) is 0.418. The van der Waals surface area contributed by atoms with Crippen molar-refractivity contribution in [3.63, 3.8) is 0 Å². The van der Waals surface area contributed by atoms with Crippen molar-refractivity contribution in [1.82, 2.24) is 5.32 Å². The molecule has 1 aromatic rings. The highest BCUT2D eigenvalue weighted by atomic mass is 79.9. The summed E-state index contributed by atoms with van der Waals surface area (Å²) in [6.45, 7) is 0.957. The monoisotopic (exact) mass is 334 g/mol. The van der Waals surface area contributed by atoms with Crippen LogP contribution in [0.15, 0.2) is 16.6 Å². The maximum atomic E-state index is 13.0. The number of carbonyl (C=O) groups is 1. The smallest absolute Gasteiger partial charge is 0.226 e. The van der Waals surface area contributed by atoms with E-state index in [1.54, 1.807) is 0 Å². The number of carbonyl (C=O) groups excluding carboxylic acids is 1. The van der Waals surface area contributed by atoms with Crippen LogP contribution in [-0.4, -0.2) is 18.5 Å². The van der Waals surface area contributed by atoms with E-state index in [-0.39, 0.29) is 17.0 Å². The SMILES string of the molecule is O=C(CC1CCCN1)Nc1c(Cl)cc(F)cc1Br. The normalized spacial score (nSPS) is 18.9. The molecule has 0 bridgehead atoms. The van der Waals surface area contributed by atoms with Crippen molar-refractivity contribution in [2.45, 2.75) is 25.3 Å². The third-order valence-electron chi connectivity index (χ3n) is 2.87. The molecule has 1 atom stereocenters. The molecule has 2 N–H and O–H groups in total. The van der Waals surface area contributed by atoms with Gasteiger partial charge in [-0.15, -0.1) is 0 Å². The highest BCUT2D eigenvalue weighted by Gasteiger charge is 2.19. The molecule has 18 heavy (non-hydrogen) atoms. The highest BCUT2D eigenvalue weighted by molar-refractivity contribution is 9.10. The molecular weight excluding hydrogens is 322 g/mol. The molecule has 3 nitrogen and oxygen atoms in total. The molecule has 1 aliphatic heterocycles. The van der Waals surface area contributed by atoms with E-state index < -0.39 is 5.82 Å². The van der Waals surface area contributed by atoms with Crippen LogP contribution in [0.1, 0.15) is 19.3 Å². The fraction of sp³-hybridized carbons (Fsp3) is 0.417. The van der Waals surface area contributed by atoms with Gasteiger partial charge in [0.2, 0.25) is 5.91 Å². The number of hydrogen-bond acceptors (Lipinski definition) is 2. The quantitative estimate of drug-likeness (QED) is 0.889. The van der Waals surface area contributed by atoms with E-state index in [1.807, 2.05) is 0 Å². The van der Waals surface area contributed by atoms with Gasteiger partial charge >= 0.3 is 0 Å². The van der Waals surface area contributed by atoms with E-state index >= 15 is 0 Å². The second kappa shape index (κ2) is 5.99. The Balaban J connectivity index is 2.02. The van der Waals surface area contributed by atoms with Crippen LogP contribution < -0.4 is 10.6 Å². The Hall–Kier alpha value is -0.650.